The summed E-state index contributed by atoms with van der Waals surface area (Å²) in [5.74, 6) is -0.623. The Morgan fingerprint density at radius 3 is 2.65 bits per heavy atom. The SMILES string of the molecule is CC(C(=O)NCC1CCCO1)n1nc(C(F)F)c(Cl)c1C(F)F. The second-order valence-electron chi connectivity index (χ2n) is 5.19. The summed E-state index contributed by atoms with van der Waals surface area (Å²) < 4.78 is 57.6. The Hall–Kier alpha value is -1.35. The number of hydrogen-bond acceptors (Lipinski definition) is 3. The molecule has 0 spiro atoms. The Kier molecular flexibility index (Phi) is 5.85. The fraction of sp³-hybridized carbons (Fsp3) is 0.692. The highest BCUT2D eigenvalue weighted by atomic mass is 35.5. The summed E-state index contributed by atoms with van der Waals surface area (Å²) in [6.45, 7) is 2.12. The summed E-state index contributed by atoms with van der Waals surface area (Å²) in [6.07, 6.45) is -4.68. The van der Waals surface area contributed by atoms with Crippen molar-refractivity contribution >= 4 is 17.5 Å². The van der Waals surface area contributed by atoms with Gasteiger partial charge in [0.1, 0.15) is 17.4 Å². The number of hydrogen-bond donors (Lipinski definition) is 1. The van der Waals surface area contributed by atoms with Gasteiger partial charge in [0.05, 0.1) is 11.1 Å². The van der Waals surface area contributed by atoms with Crippen LogP contribution in [0.25, 0.3) is 0 Å². The molecule has 1 N–H and O–H groups in total. The van der Waals surface area contributed by atoms with Gasteiger partial charge in [-0.1, -0.05) is 11.6 Å². The van der Waals surface area contributed by atoms with Crippen molar-refractivity contribution in [2.75, 3.05) is 13.2 Å². The van der Waals surface area contributed by atoms with Gasteiger partial charge in [-0.05, 0) is 19.8 Å². The van der Waals surface area contributed by atoms with Gasteiger partial charge in [-0.2, -0.15) is 5.10 Å². The molecule has 5 nitrogen and oxygen atoms in total. The van der Waals surface area contributed by atoms with Crippen molar-refractivity contribution < 1.29 is 27.1 Å². The van der Waals surface area contributed by atoms with E-state index in [0.29, 0.717) is 11.3 Å². The lowest BCUT2D eigenvalue weighted by molar-refractivity contribution is -0.124. The van der Waals surface area contributed by atoms with Crippen molar-refractivity contribution in [3.8, 4) is 0 Å². The van der Waals surface area contributed by atoms with Gasteiger partial charge < -0.3 is 10.1 Å². The number of amides is 1. The van der Waals surface area contributed by atoms with Crippen LogP contribution in [0.4, 0.5) is 17.6 Å². The van der Waals surface area contributed by atoms with Gasteiger partial charge in [0.15, 0.2) is 0 Å². The predicted molar refractivity (Wildman–Crippen MR) is 73.8 cm³/mol. The van der Waals surface area contributed by atoms with E-state index in [1.807, 2.05) is 0 Å². The molecule has 0 aromatic carbocycles. The number of nitrogens with one attached hydrogen (secondary N) is 1. The van der Waals surface area contributed by atoms with Crippen LogP contribution >= 0.6 is 11.6 Å². The number of aromatic nitrogens is 2. The van der Waals surface area contributed by atoms with Crippen LogP contribution in [-0.4, -0.2) is 34.9 Å². The zero-order valence-electron chi connectivity index (χ0n) is 12.2. The van der Waals surface area contributed by atoms with E-state index in [0.717, 1.165) is 12.8 Å². The van der Waals surface area contributed by atoms with Crippen LogP contribution in [0, 0.1) is 0 Å². The van der Waals surface area contributed by atoms with Crippen LogP contribution in [0.3, 0.4) is 0 Å². The van der Waals surface area contributed by atoms with E-state index in [9.17, 15) is 22.4 Å². The van der Waals surface area contributed by atoms with E-state index in [1.165, 1.54) is 6.92 Å². The van der Waals surface area contributed by atoms with Crippen LogP contribution in [0.15, 0.2) is 0 Å². The molecule has 130 valence electrons. The minimum Gasteiger partial charge on any atom is -0.376 e. The number of nitrogens with zero attached hydrogens (tertiary/aromatic N) is 2. The lowest BCUT2D eigenvalue weighted by Crippen LogP contribution is -2.37. The third kappa shape index (κ3) is 3.95. The highest BCUT2D eigenvalue weighted by molar-refractivity contribution is 6.32. The number of carbonyl (C=O) groups is 1. The Labute approximate surface area is 134 Å². The summed E-state index contributed by atoms with van der Waals surface area (Å²) in [5.41, 5.74) is -1.84. The molecule has 10 heteroatoms. The number of halogens is 5. The summed E-state index contributed by atoms with van der Waals surface area (Å²) in [7, 11) is 0. The van der Waals surface area contributed by atoms with Gasteiger partial charge >= 0.3 is 0 Å². The molecule has 0 bridgehead atoms. The first-order valence-corrected chi connectivity index (χ1v) is 7.44. The molecule has 0 saturated carbocycles. The van der Waals surface area contributed by atoms with Crippen LogP contribution < -0.4 is 5.32 Å². The molecular formula is C13H16ClF4N3O2. The summed E-state index contributed by atoms with van der Waals surface area (Å²) in [4.78, 5) is 12.1. The lowest BCUT2D eigenvalue weighted by Gasteiger charge is -2.17. The highest BCUT2D eigenvalue weighted by Crippen LogP contribution is 2.36. The minimum absolute atomic E-state index is 0.126. The molecule has 1 aromatic rings. The van der Waals surface area contributed by atoms with Gasteiger partial charge in [0.25, 0.3) is 12.9 Å². The molecule has 1 aromatic heterocycles. The maximum Gasteiger partial charge on any atom is 0.283 e. The normalized spacial score (nSPS) is 19.6. The zero-order valence-corrected chi connectivity index (χ0v) is 13.0. The first-order valence-electron chi connectivity index (χ1n) is 7.06. The number of rotatable bonds is 6. The van der Waals surface area contributed by atoms with Crippen molar-refractivity contribution in [3.63, 3.8) is 0 Å². The van der Waals surface area contributed by atoms with Crippen molar-refractivity contribution in [1.82, 2.24) is 15.1 Å². The van der Waals surface area contributed by atoms with E-state index < -0.39 is 41.2 Å². The van der Waals surface area contributed by atoms with Crippen molar-refractivity contribution in [2.45, 2.75) is 44.8 Å². The summed E-state index contributed by atoms with van der Waals surface area (Å²) in [6, 6.07) is -1.20. The van der Waals surface area contributed by atoms with Crippen LogP contribution in [0.2, 0.25) is 5.02 Å². The largest absolute Gasteiger partial charge is 0.376 e. The maximum atomic E-state index is 13.1. The van der Waals surface area contributed by atoms with E-state index in [4.69, 9.17) is 16.3 Å². The second-order valence-corrected chi connectivity index (χ2v) is 5.56. The topological polar surface area (TPSA) is 56.1 Å². The van der Waals surface area contributed by atoms with Crippen LogP contribution in [0.5, 0.6) is 0 Å². The van der Waals surface area contributed by atoms with Gasteiger partial charge in [-0.3, -0.25) is 4.79 Å². The number of alkyl halides is 4. The van der Waals surface area contributed by atoms with E-state index in [-0.39, 0.29) is 12.6 Å². The van der Waals surface area contributed by atoms with E-state index in [2.05, 4.69) is 10.4 Å². The molecule has 2 atom stereocenters. The molecule has 1 aliphatic heterocycles. The molecule has 0 aliphatic carbocycles. The summed E-state index contributed by atoms with van der Waals surface area (Å²) >= 11 is 5.55. The molecule has 2 unspecified atom stereocenters. The Balaban J connectivity index is 2.15. The Morgan fingerprint density at radius 1 is 1.43 bits per heavy atom. The zero-order chi connectivity index (χ0) is 17.1. The fourth-order valence-electron chi connectivity index (χ4n) is 2.35. The third-order valence-electron chi connectivity index (χ3n) is 3.60. The lowest BCUT2D eigenvalue weighted by atomic mass is 10.2. The molecule has 2 heterocycles. The fourth-order valence-corrected chi connectivity index (χ4v) is 2.64. The smallest absolute Gasteiger partial charge is 0.283 e. The molecule has 23 heavy (non-hydrogen) atoms. The van der Waals surface area contributed by atoms with Crippen molar-refractivity contribution in [2.24, 2.45) is 0 Å². The average molecular weight is 358 g/mol. The van der Waals surface area contributed by atoms with Crippen LogP contribution in [0.1, 0.15) is 50.0 Å². The Bertz CT molecular complexity index is 562. The van der Waals surface area contributed by atoms with Crippen molar-refractivity contribution in [1.29, 1.82) is 0 Å². The molecule has 1 amide bonds. The third-order valence-corrected chi connectivity index (χ3v) is 3.99. The van der Waals surface area contributed by atoms with Gasteiger partial charge in [0, 0.05) is 13.2 Å². The standard InChI is InChI=1S/C13H16ClF4N3O2/c1-6(13(22)19-5-7-3-2-4-23-7)21-10(12(17)18)8(14)9(20-21)11(15)16/h6-7,11-12H,2-5H2,1H3,(H,19,22). The maximum absolute atomic E-state index is 13.1. The van der Waals surface area contributed by atoms with E-state index >= 15 is 0 Å². The first kappa shape index (κ1) is 18.0. The highest BCUT2D eigenvalue weighted by Gasteiger charge is 2.32. The van der Waals surface area contributed by atoms with Gasteiger partial charge in [-0.15, -0.1) is 0 Å². The quantitative estimate of drug-likeness (QED) is 0.795. The molecule has 1 fully saturated rings. The molecule has 1 saturated heterocycles. The average Bonchev–Trinajstić information content (AvgIpc) is 3.10. The Morgan fingerprint density at radius 2 is 2.13 bits per heavy atom. The molecule has 1 aliphatic rings. The van der Waals surface area contributed by atoms with Crippen LogP contribution in [-0.2, 0) is 9.53 Å². The van der Waals surface area contributed by atoms with Gasteiger partial charge in [0.2, 0.25) is 5.91 Å². The summed E-state index contributed by atoms with van der Waals surface area (Å²) in [5, 5.41) is 5.13. The molecule has 0 radical (unpaired) electrons. The number of carbonyl (C=O) groups excluding carboxylic acids is 1. The molecule has 2 rings (SSSR count). The number of ether oxygens (including phenoxy) is 1. The van der Waals surface area contributed by atoms with Crippen molar-refractivity contribution in [3.05, 3.63) is 16.4 Å². The minimum atomic E-state index is -3.13. The van der Waals surface area contributed by atoms with E-state index in [1.54, 1.807) is 0 Å². The second kappa shape index (κ2) is 7.48. The predicted octanol–water partition coefficient (Wildman–Crippen LogP) is 3.27. The molecular weight excluding hydrogens is 342 g/mol. The van der Waals surface area contributed by atoms with Gasteiger partial charge in [-0.25, -0.2) is 22.2 Å². The first-order chi connectivity index (χ1) is 10.8. The monoisotopic (exact) mass is 357 g/mol.